The topological polar surface area (TPSA) is 116 Å². The molecule has 10 heteroatoms. The minimum absolute atomic E-state index is 0.0107. The zero-order valence-electron chi connectivity index (χ0n) is 19.0. The second kappa shape index (κ2) is 9.50. The van der Waals surface area contributed by atoms with Gasteiger partial charge in [-0.05, 0) is 44.0 Å². The first-order valence-corrected chi connectivity index (χ1v) is 11.3. The summed E-state index contributed by atoms with van der Waals surface area (Å²) in [7, 11) is 0. The molecule has 34 heavy (non-hydrogen) atoms. The van der Waals surface area contributed by atoms with Crippen molar-refractivity contribution in [1.82, 2.24) is 15.1 Å². The molecule has 0 aromatic heterocycles. The molecule has 2 fully saturated rings. The van der Waals surface area contributed by atoms with Crippen LogP contribution >= 0.6 is 0 Å². The highest BCUT2D eigenvalue weighted by atomic mass is 16.6. The zero-order chi connectivity index (χ0) is 24.3. The number of hydrogen-bond acceptors (Lipinski definition) is 6. The van der Waals surface area contributed by atoms with E-state index in [-0.39, 0.29) is 30.0 Å². The Morgan fingerprint density at radius 3 is 2.29 bits per heavy atom. The molecule has 2 aliphatic rings. The normalized spacial score (nSPS) is 17.2. The second-order valence-electron chi connectivity index (χ2n) is 8.49. The van der Waals surface area contributed by atoms with Crippen LogP contribution in [-0.4, -0.2) is 70.8 Å². The number of piperidine rings is 1. The number of carbonyl (C=O) groups is 3. The fourth-order valence-corrected chi connectivity index (χ4v) is 4.74. The Labute approximate surface area is 197 Å². The number of carbonyl (C=O) groups excluding carboxylic acids is 3. The van der Waals surface area contributed by atoms with E-state index >= 15 is 0 Å². The molecule has 0 atom stereocenters. The average molecular weight is 466 g/mol. The van der Waals surface area contributed by atoms with Gasteiger partial charge in [-0.3, -0.25) is 24.5 Å². The van der Waals surface area contributed by atoms with Gasteiger partial charge in [0.25, 0.3) is 17.5 Å². The Kier molecular flexibility index (Phi) is 6.49. The maximum atomic E-state index is 13.6. The quantitative estimate of drug-likeness (QED) is 0.515. The Hall–Kier alpha value is -3.95. The first-order valence-electron chi connectivity index (χ1n) is 11.3. The smallest absolute Gasteiger partial charge is 0.269 e. The van der Waals surface area contributed by atoms with Gasteiger partial charge in [-0.25, -0.2) is 0 Å². The second-order valence-corrected chi connectivity index (χ2v) is 8.49. The summed E-state index contributed by atoms with van der Waals surface area (Å²) >= 11 is 0. The monoisotopic (exact) mass is 465 g/mol. The number of rotatable bonds is 6. The molecule has 0 radical (unpaired) electrons. The predicted molar refractivity (Wildman–Crippen MR) is 125 cm³/mol. The van der Waals surface area contributed by atoms with Crippen LogP contribution in [0.25, 0.3) is 0 Å². The standard InChI is InChI=1S/C24H27N5O5/c1-2-25-21(30)16-27-17-28(19-6-4-3-5-7-19)24(23(27)32)12-14-26(15-13-24)22(31)18-8-10-20(11-9-18)29(33)34/h3-11H,2,12-17H2,1H3,(H,25,30). The van der Waals surface area contributed by atoms with Crippen molar-refractivity contribution < 1.29 is 19.3 Å². The first-order chi connectivity index (χ1) is 16.4. The molecule has 2 aromatic rings. The molecule has 3 amide bonds. The lowest BCUT2D eigenvalue weighted by molar-refractivity contribution is -0.384. The van der Waals surface area contributed by atoms with Crippen molar-refractivity contribution in [3.63, 3.8) is 0 Å². The number of hydrogen-bond donors (Lipinski definition) is 1. The van der Waals surface area contributed by atoms with Gasteiger partial charge in [0, 0.05) is 43.0 Å². The minimum atomic E-state index is -0.833. The number of nitrogens with one attached hydrogen (secondary N) is 1. The van der Waals surface area contributed by atoms with Crippen molar-refractivity contribution >= 4 is 29.1 Å². The van der Waals surface area contributed by atoms with Gasteiger partial charge >= 0.3 is 0 Å². The number of para-hydroxylation sites is 1. The van der Waals surface area contributed by atoms with Gasteiger partial charge < -0.3 is 20.0 Å². The average Bonchev–Trinajstić information content (AvgIpc) is 3.11. The van der Waals surface area contributed by atoms with Crippen LogP contribution in [0.1, 0.15) is 30.1 Å². The van der Waals surface area contributed by atoms with Crippen LogP contribution in [0.4, 0.5) is 11.4 Å². The van der Waals surface area contributed by atoms with E-state index in [0.29, 0.717) is 44.7 Å². The molecule has 2 saturated heterocycles. The van der Waals surface area contributed by atoms with Crippen molar-refractivity contribution in [2.45, 2.75) is 25.3 Å². The number of nitro groups is 1. The summed E-state index contributed by atoms with van der Waals surface area (Å²) in [6.07, 6.45) is 0.844. The molecule has 1 spiro atoms. The van der Waals surface area contributed by atoms with Crippen LogP contribution in [0, 0.1) is 10.1 Å². The molecule has 0 saturated carbocycles. The fourth-order valence-electron chi connectivity index (χ4n) is 4.74. The molecule has 2 heterocycles. The first kappa shape index (κ1) is 23.2. The highest BCUT2D eigenvalue weighted by Gasteiger charge is 2.54. The molecule has 10 nitrogen and oxygen atoms in total. The Balaban J connectivity index is 1.53. The number of non-ortho nitro benzene ring substituents is 1. The van der Waals surface area contributed by atoms with Gasteiger partial charge in [-0.2, -0.15) is 0 Å². The van der Waals surface area contributed by atoms with Crippen LogP contribution in [0.15, 0.2) is 54.6 Å². The summed E-state index contributed by atoms with van der Waals surface area (Å²) in [5.74, 6) is -0.530. The Morgan fingerprint density at radius 1 is 1.06 bits per heavy atom. The summed E-state index contributed by atoms with van der Waals surface area (Å²) < 4.78 is 0. The van der Waals surface area contributed by atoms with Crippen LogP contribution in [0.3, 0.4) is 0 Å². The van der Waals surface area contributed by atoms with E-state index in [9.17, 15) is 24.5 Å². The van der Waals surface area contributed by atoms with E-state index in [4.69, 9.17) is 0 Å². The maximum absolute atomic E-state index is 13.6. The molecule has 4 rings (SSSR count). The lowest BCUT2D eigenvalue weighted by Crippen LogP contribution is -2.57. The predicted octanol–water partition coefficient (Wildman–Crippen LogP) is 2.01. The third kappa shape index (κ3) is 4.30. The lowest BCUT2D eigenvalue weighted by Gasteiger charge is -2.43. The van der Waals surface area contributed by atoms with E-state index < -0.39 is 10.5 Å². The van der Waals surface area contributed by atoms with E-state index in [1.54, 1.807) is 9.80 Å². The Morgan fingerprint density at radius 2 is 1.71 bits per heavy atom. The van der Waals surface area contributed by atoms with Gasteiger partial charge in [-0.15, -0.1) is 0 Å². The van der Waals surface area contributed by atoms with Crippen LogP contribution in [0.5, 0.6) is 0 Å². The third-order valence-corrected chi connectivity index (χ3v) is 6.49. The van der Waals surface area contributed by atoms with Crippen LogP contribution in [-0.2, 0) is 9.59 Å². The van der Waals surface area contributed by atoms with Gasteiger partial charge in [0.1, 0.15) is 12.1 Å². The van der Waals surface area contributed by atoms with Gasteiger partial charge in [0.15, 0.2) is 0 Å². The molecular weight excluding hydrogens is 438 g/mol. The fraction of sp³-hybridized carbons (Fsp3) is 0.375. The molecule has 0 bridgehead atoms. The van der Waals surface area contributed by atoms with E-state index in [1.807, 2.05) is 42.2 Å². The van der Waals surface area contributed by atoms with Crippen molar-refractivity contribution in [2.75, 3.05) is 37.7 Å². The van der Waals surface area contributed by atoms with Gasteiger partial charge in [0.2, 0.25) is 5.91 Å². The van der Waals surface area contributed by atoms with Gasteiger partial charge in [0.05, 0.1) is 11.6 Å². The largest absolute Gasteiger partial charge is 0.355 e. The summed E-state index contributed by atoms with van der Waals surface area (Å²) in [4.78, 5) is 54.5. The van der Waals surface area contributed by atoms with E-state index in [2.05, 4.69) is 5.32 Å². The molecule has 178 valence electrons. The van der Waals surface area contributed by atoms with E-state index in [0.717, 1.165) is 5.69 Å². The van der Waals surface area contributed by atoms with E-state index in [1.165, 1.54) is 24.3 Å². The maximum Gasteiger partial charge on any atom is 0.269 e. The summed E-state index contributed by atoms with van der Waals surface area (Å²) in [5, 5.41) is 13.6. The van der Waals surface area contributed by atoms with Crippen LogP contribution in [0.2, 0.25) is 0 Å². The third-order valence-electron chi connectivity index (χ3n) is 6.49. The lowest BCUT2D eigenvalue weighted by atomic mass is 9.85. The number of likely N-dealkylation sites (tertiary alicyclic amines) is 1. The van der Waals surface area contributed by atoms with Crippen molar-refractivity contribution in [3.05, 3.63) is 70.3 Å². The Bertz CT molecular complexity index is 1080. The zero-order valence-corrected chi connectivity index (χ0v) is 19.0. The number of likely N-dealkylation sites (N-methyl/N-ethyl adjacent to an activating group) is 1. The molecule has 0 aliphatic carbocycles. The molecular formula is C24H27N5O5. The SMILES string of the molecule is CCNC(=O)CN1CN(c2ccccc2)C2(CCN(C(=O)c3ccc([N+](=O)[O-])cc3)CC2)C1=O. The number of nitrogens with zero attached hydrogens (tertiary/aromatic N) is 4. The minimum Gasteiger partial charge on any atom is -0.355 e. The van der Waals surface area contributed by atoms with Crippen molar-refractivity contribution in [3.8, 4) is 0 Å². The summed E-state index contributed by atoms with van der Waals surface area (Å²) in [5.41, 5.74) is 0.359. The molecule has 2 aliphatic heterocycles. The summed E-state index contributed by atoms with van der Waals surface area (Å²) in [6, 6.07) is 15.2. The number of anilines is 1. The molecule has 0 unspecified atom stereocenters. The molecule has 2 aromatic carbocycles. The van der Waals surface area contributed by atoms with Crippen molar-refractivity contribution in [2.24, 2.45) is 0 Å². The highest BCUT2D eigenvalue weighted by Crippen LogP contribution is 2.39. The number of benzene rings is 2. The number of amides is 3. The van der Waals surface area contributed by atoms with Gasteiger partial charge in [-0.1, -0.05) is 18.2 Å². The number of nitro benzene ring substituents is 1. The van der Waals surface area contributed by atoms with Crippen molar-refractivity contribution in [1.29, 1.82) is 0 Å². The van der Waals surface area contributed by atoms with Crippen LogP contribution < -0.4 is 10.2 Å². The molecule has 1 N–H and O–H groups in total. The highest BCUT2D eigenvalue weighted by molar-refractivity contribution is 5.97. The summed E-state index contributed by atoms with van der Waals surface area (Å²) in [6.45, 7) is 3.34.